The van der Waals surface area contributed by atoms with E-state index in [0.717, 1.165) is 16.9 Å². The number of aromatic amines is 1. The monoisotopic (exact) mass is 237 g/mol. The SMILES string of the molecule is O=c1[nH]c2c(s1)C=C1[C@@H]3CC[C@H](C3)[C@H]1S2. The third-order valence-electron chi connectivity index (χ3n) is 3.89. The smallest absolute Gasteiger partial charge is 0.305 e. The number of hydrogen-bond donors (Lipinski definition) is 1. The highest BCUT2D eigenvalue weighted by Crippen LogP contribution is 2.57. The first-order valence-electron chi connectivity index (χ1n) is 5.42. The van der Waals surface area contributed by atoms with Crippen LogP contribution in [0.2, 0.25) is 0 Å². The van der Waals surface area contributed by atoms with Crippen molar-refractivity contribution in [3.05, 3.63) is 20.1 Å². The molecule has 0 aromatic carbocycles. The molecule has 2 nitrogen and oxygen atoms in total. The van der Waals surface area contributed by atoms with E-state index >= 15 is 0 Å². The van der Waals surface area contributed by atoms with Crippen LogP contribution < -0.4 is 4.87 Å². The molecule has 2 saturated carbocycles. The molecule has 3 aliphatic rings. The predicted octanol–water partition coefficient (Wildman–Crippen LogP) is 2.72. The summed E-state index contributed by atoms with van der Waals surface area (Å²) in [6.45, 7) is 0. The largest absolute Gasteiger partial charge is 0.307 e. The molecule has 1 N–H and O–H groups in total. The quantitative estimate of drug-likeness (QED) is 0.752. The Balaban J connectivity index is 1.88. The van der Waals surface area contributed by atoms with Crippen molar-refractivity contribution in [2.45, 2.75) is 29.5 Å². The van der Waals surface area contributed by atoms with Gasteiger partial charge in [-0.25, -0.2) is 0 Å². The second-order valence-electron chi connectivity index (χ2n) is 4.66. The van der Waals surface area contributed by atoms with E-state index in [-0.39, 0.29) is 4.87 Å². The van der Waals surface area contributed by atoms with Gasteiger partial charge in [0, 0.05) is 5.25 Å². The van der Waals surface area contributed by atoms with E-state index in [1.165, 1.54) is 35.5 Å². The standard InChI is InChI=1S/C11H11NOS2/c13-11-12-10-8(14-11)4-7-5-1-2-6(3-5)9(7)15-10/h4-6,9H,1-3H2,(H,12,13)/t5-,6-,9-/m1/s1. The summed E-state index contributed by atoms with van der Waals surface area (Å²) < 4.78 is 0. The van der Waals surface area contributed by atoms with Crippen molar-refractivity contribution in [2.24, 2.45) is 11.8 Å². The minimum Gasteiger partial charge on any atom is -0.307 e. The molecule has 0 unspecified atom stereocenters. The molecule has 0 amide bonds. The predicted molar refractivity (Wildman–Crippen MR) is 63.4 cm³/mol. The van der Waals surface area contributed by atoms with Gasteiger partial charge in [0.25, 0.3) is 0 Å². The van der Waals surface area contributed by atoms with Gasteiger partial charge in [-0.1, -0.05) is 28.7 Å². The highest BCUT2D eigenvalue weighted by molar-refractivity contribution is 8.00. The Hall–Kier alpha value is -0.480. The number of H-pyrrole nitrogens is 1. The summed E-state index contributed by atoms with van der Waals surface area (Å²) >= 11 is 3.26. The number of aromatic nitrogens is 1. The first kappa shape index (κ1) is 8.65. The average Bonchev–Trinajstić information content (AvgIpc) is 2.85. The molecule has 15 heavy (non-hydrogen) atoms. The zero-order valence-corrected chi connectivity index (χ0v) is 9.79. The Morgan fingerprint density at radius 2 is 2.33 bits per heavy atom. The lowest BCUT2D eigenvalue weighted by atomic mass is 9.93. The van der Waals surface area contributed by atoms with Crippen molar-refractivity contribution in [3.63, 3.8) is 0 Å². The van der Waals surface area contributed by atoms with Crippen LogP contribution in [-0.4, -0.2) is 10.2 Å². The van der Waals surface area contributed by atoms with E-state index in [4.69, 9.17) is 0 Å². The zero-order valence-electron chi connectivity index (χ0n) is 8.16. The van der Waals surface area contributed by atoms with E-state index in [1.807, 2.05) is 11.8 Å². The fourth-order valence-corrected chi connectivity index (χ4v) is 5.69. The minimum atomic E-state index is 0.0941. The molecule has 4 rings (SSSR count). The fourth-order valence-electron chi connectivity index (χ4n) is 3.25. The Bertz CT molecular complexity index is 513. The van der Waals surface area contributed by atoms with Crippen LogP contribution in [0.25, 0.3) is 6.08 Å². The molecule has 4 heteroatoms. The van der Waals surface area contributed by atoms with Crippen molar-refractivity contribution >= 4 is 29.2 Å². The number of nitrogens with one attached hydrogen (secondary N) is 1. The third kappa shape index (κ3) is 1.09. The van der Waals surface area contributed by atoms with Crippen LogP contribution >= 0.6 is 23.1 Å². The molecule has 1 aromatic rings. The number of thioether (sulfide) groups is 1. The maximum Gasteiger partial charge on any atom is 0.305 e. The van der Waals surface area contributed by atoms with E-state index in [2.05, 4.69) is 11.1 Å². The summed E-state index contributed by atoms with van der Waals surface area (Å²) in [5.41, 5.74) is 1.62. The van der Waals surface area contributed by atoms with Crippen LogP contribution in [0.5, 0.6) is 0 Å². The third-order valence-corrected chi connectivity index (χ3v) is 6.31. The summed E-state index contributed by atoms with van der Waals surface area (Å²) in [5.74, 6) is 1.71. The lowest BCUT2D eigenvalue weighted by Gasteiger charge is -2.27. The van der Waals surface area contributed by atoms with Gasteiger partial charge < -0.3 is 4.98 Å². The second-order valence-corrected chi connectivity index (χ2v) is 6.83. The van der Waals surface area contributed by atoms with E-state index in [1.54, 1.807) is 5.57 Å². The van der Waals surface area contributed by atoms with E-state index < -0.39 is 0 Å². The van der Waals surface area contributed by atoms with Gasteiger partial charge in [0.1, 0.15) is 0 Å². The van der Waals surface area contributed by atoms with Crippen LogP contribution in [0.3, 0.4) is 0 Å². The highest BCUT2D eigenvalue weighted by atomic mass is 32.2. The minimum absolute atomic E-state index is 0.0941. The van der Waals surface area contributed by atoms with Crippen molar-refractivity contribution in [1.29, 1.82) is 0 Å². The zero-order chi connectivity index (χ0) is 9.99. The van der Waals surface area contributed by atoms with E-state index in [9.17, 15) is 4.79 Å². The lowest BCUT2D eigenvalue weighted by molar-refractivity contribution is 0.573. The summed E-state index contributed by atoms with van der Waals surface area (Å²) in [4.78, 5) is 15.5. The Morgan fingerprint density at radius 3 is 3.27 bits per heavy atom. The number of rotatable bonds is 0. The Labute approximate surface area is 95.8 Å². The number of fused-ring (bicyclic) bond motifs is 6. The van der Waals surface area contributed by atoms with Crippen molar-refractivity contribution < 1.29 is 0 Å². The fraction of sp³-hybridized carbons (Fsp3) is 0.545. The van der Waals surface area contributed by atoms with Gasteiger partial charge in [-0.3, -0.25) is 4.79 Å². The summed E-state index contributed by atoms with van der Waals surface area (Å²) in [6.07, 6.45) is 6.46. The van der Waals surface area contributed by atoms with Gasteiger partial charge in [0.15, 0.2) is 0 Å². The molecule has 2 bridgehead atoms. The second kappa shape index (κ2) is 2.80. The molecule has 0 spiro atoms. The molecular weight excluding hydrogens is 226 g/mol. The lowest BCUT2D eigenvalue weighted by Crippen LogP contribution is -2.18. The molecule has 2 fully saturated rings. The first-order valence-corrected chi connectivity index (χ1v) is 7.12. The van der Waals surface area contributed by atoms with Gasteiger partial charge in [-0.15, -0.1) is 0 Å². The molecule has 1 aromatic heterocycles. The normalized spacial score (nSPS) is 36.3. The molecule has 0 radical (unpaired) electrons. The Morgan fingerprint density at radius 1 is 1.40 bits per heavy atom. The van der Waals surface area contributed by atoms with Gasteiger partial charge in [-0.05, 0) is 37.2 Å². The molecule has 2 aliphatic carbocycles. The van der Waals surface area contributed by atoms with E-state index in [0.29, 0.717) is 5.25 Å². The van der Waals surface area contributed by atoms with Crippen LogP contribution in [-0.2, 0) is 0 Å². The van der Waals surface area contributed by atoms with Crippen molar-refractivity contribution in [1.82, 2.24) is 4.98 Å². The molecule has 1 aliphatic heterocycles. The van der Waals surface area contributed by atoms with Crippen molar-refractivity contribution in [2.75, 3.05) is 0 Å². The van der Waals surface area contributed by atoms with Gasteiger partial charge in [0.05, 0.1) is 9.90 Å². The topological polar surface area (TPSA) is 32.9 Å². The van der Waals surface area contributed by atoms with Crippen LogP contribution in [0.1, 0.15) is 24.1 Å². The van der Waals surface area contributed by atoms with Gasteiger partial charge >= 0.3 is 4.87 Å². The summed E-state index contributed by atoms with van der Waals surface area (Å²) in [5, 5.41) is 1.80. The molecule has 0 saturated heterocycles. The van der Waals surface area contributed by atoms with Crippen molar-refractivity contribution in [3.8, 4) is 0 Å². The van der Waals surface area contributed by atoms with Crippen LogP contribution in [0.4, 0.5) is 0 Å². The van der Waals surface area contributed by atoms with Gasteiger partial charge in [0.2, 0.25) is 0 Å². The van der Waals surface area contributed by atoms with Crippen LogP contribution in [0, 0.1) is 11.8 Å². The maximum atomic E-state index is 11.3. The summed E-state index contributed by atoms with van der Waals surface area (Å²) in [7, 11) is 0. The average molecular weight is 237 g/mol. The number of hydrogen-bond acceptors (Lipinski definition) is 3. The molecular formula is C11H11NOS2. The van der Waals surface area contributed by atoms with Gasteiger partial charge in [-0.2, -0.15) is 0 Å². The van der Waals surface area contributed by atoms with Crippen LogP contribution in [0.15, 0.2) is 15.4 Å². The molecule has 3 atom stereocenters. The first-order chi connectivity index (χ1) is 7.31. The molecule has 2 heterocycles. The molecule has 78 valence electrons. The Kier molecular flexibility index (Phi) is 1.61. The summed E-state index contributed by atoms with van der Waals surface area (Å²) in [6, 6.07) is 0. The highest BCUT2D eigenvalue weighted by Gasteiger charge is 2.45. The number of thiazole rings is 1. The maximum absolute atomic E-state index is 11.3.